The molecule has 0 unspecified atom stereocenters. The predicted molar refractivity (Wildman–Crippen MR) is 125 cm³/mol. The number of likely N-dealkylation sites (N-methyl/N-ethyl adjacent to an activating group) is 1. The second-order valence-corrected chi connectivity index (χ2v) is 7.93. The van der Waals surface area contributed by atoms with E-state index in [1.165, 1.54) is 0 Å². The number of imidazole rings is 1. The highest BCUT2D eigenvalue weighted by Gasteiger charge is 2.19. The molecule has 0 bridgehead atoms. The lowest BCUT2D eigenvalue weighted by atomic mass is 10.1. The molecule has 2 aromatic carbocycles. The second kappa shape index (κ2) is 7.63. The molecule has 1 aliphatic heterocycles. The van der Waals surface area contributed by atoms with E-state index in [9.17, 15) is 4.79 Å². The maximum absolute atomic E-state index is 12.9. The molecule has 1 aliphatic rings. The number of hydrogen-bond acceptors (Lipinski definition) is 6. The van der Waals surface area contributed by atoms with Gasteiger partial charge in [-0.1, -0.05) is 6.07 Å². The van der Waals surface area contributed by atoms with Crippen LogP contribution >= 0.6 is 0 Å². The zero-order valence-corrected chi connectivity index (χ0v) is 17.7. The van der Waals surface area contributed by atoms with E-state index in [2.05, 4.69) is 43.9 Å². The number of nitrogen functional groups attached to an aromatic ring is 1. The molecule has 0 radical (unpaired) electrons. The highest BCUT2D eigenvalue weighted by Crippen LogP contribution is 2.34. The van der Waals surface area contributed by atoms with Crippen molar-refractivity contribution in [2.45, 2.75) is 6.92 Å². The Morgan fingerprint density at radius 3 is 2.68 bits per heavy atom. The van der Waals surface area contributed by atoms with E-state index in [0.29, 0.717) is 40.3 Å². The van der Waals surface area contributed by atoms with Crippen LogP contribution in [0.15, 0.2) is 41.2 Å². The van der Waals surface area contributed by atoms with Gasteiger partial charge in [0.15, 0.2) is 0 Å². The maximum Gasteiger partial charge on any atom is 0.261 e. The van der Waals surface area contributed by atoms with Crippen LogP contribution in [0.5, 0.6) is 5.75 Å². The lowest BCUT2D eigenvalue weighted by molar-refractivity contribution is 0.313. The molecule has 1 fully saturated rings. The van der Waals surface area contributed by atoms with Gasteiger partial charge in [0.1, 0.15) is 17.1 Å². The summed E-state index contributed by atoms with van der Waals surface area (Å²) in [7, 11) is 2.14. The molecule has 5 rings (SSSR count). The first kappa shape index (κ1) is 19.4. The Balaban J connectivity index is 1.60. The summed E-state index contributed by atoms with van der Waals surface area (Å²) in [6.45, 7) is 6.47. The van der Waals surface area contributed by atoms with Gasteiger partial charge in [-0.2, -0.15) is 0 Å². The van der Waals surface area contributed by atoms with Crippen molar-refractivity contribution in [1.82, 2.24) is 19.9 Å². The average molecular weight is 419 g/mol. The molecule has 0 saturated carbocycles. The molecule has 3 heterocycles. The number of rotatable bonds is 4. The summed E-state index contributed by atoms with van der Waals surface area (Å²) >= 11 is 0. The maximum atomic E-state index is 12.9. The summed E-state index contributed by atoms with van der Waals surface area (Å²) in [6, 6.07) is 11.7. The second-order valence-electron chi connectivity index (χ2n) is 7.93. The molecule has 1 saturated heterocycles. The number of aromatic amines is 2. The first-order valence-electron chi connectivity index (χ1n) is 10.6. The van der Waals surface area contributed by atoms with E-state index >= 15 is 0 Å². The molecule has 2 aromatic heterocycles. The van der Waals surface area contributed by atoms with Crippen molar-refractivity contribution in [3.05, 3.63) is 46.8 Å². The highest BCUT2D eigenvalue weighted by molar-refractivity contribution is 6.01. The first-order chi connectivity index (χ1) is 15.0. The standard InChI is InChI=1S/C23H26N6O2/c1-3-31-18-6-4-5-16-19(18)21(24)20(23(30)27-16)22-25-15-8-7-14(13-17(15)26-22)29-11-9-28(2)10-12-29/h4-8,13H,3,9-12H2,1-2H3,(H,25,26)(H3,24,27,30). The Kier molecular flexibility index (Phi) is 4.78. The number of nitrogens with two attached hydrogens (primary N) is 1. The third kappa shape index (κ3) is 3.38. The van der Waals surface area contributed by atoms with Gasteiger partial charge < -0.3 is 30.2 Å². The fraction of sp³-hybridized carbons (Fsp3) is 0.304. The van der Waals surface area contributed by atoms with Crippen molar-refractivity contribution in [2.75, 3.05) is 50.5 Å². The Morgan fingerprint density at radius 1 is 1.10 bits per heavy atom. The molecule has 0 aliphatic carbocycles. The average Bonchev–Trinajstić information content (AvgIpc) is 3.17. The van der Waals surface area contributed by atoms with Crippen molar-refractivity contribution in [1.29, 1.82) is 0 Å². The van der Waals surface area contributed by atoms with E-state index in [1.54, 1.807) is 0 Å². The molecular formula is C23H26N6O2. The smallest absolute Gasteiger partial charge is 0.261 e. The summed E-state index contributed by atoms with van der Waals surface area (Å²) in [4.78, 5) is 28.5. The number of benzene rings is 2. The Labute approximate surface area is 179 Å². The molecule has 0 spiro atoms. The van der Waals surface area contributed by atoms with Crippen LogP contribution < -0.4 is 20.9 Å². The molecule has 0 amide bonds. The van der Waals surface area contributed by atoms with E-state index < -0.39 is 0 Å². The Morgan fingerprint density at radius 2 is 1.90 bits per heavy atom. The third-order valence-corrected chi connectivity index (χ3v) is 5.91. The molecule has 8 nitrogen and oxygen atoms in total. The van der Waals surface area contributed by atoms with E-state index in [-0.39, 0.29) is 5.56 Å². The van der Waals surface area contributed by atoms with E-state index in [1.807, 2.05) is 31.2 Å². The molecule has 8 heteroatoms. The van der Waals surface area contributed by atoms with Crippen LogP contribution in [0.25, 0.3) is 33.3 Å². The minimum absolute atomic E-state index is 0.281. The number of anilines is 2. The molecule has 0 atom stereocenters. The van der Waals surface area contributed by atoms with Crippen molar-refractivity contribution in [3.63, 3.8) is 0 Å². The lowest BCUT2D eigenvalue weighted by Crippen LogP contribution is -2.44. The third-order valence-electron chi connectivity index (χ3n) is 5.91. The molecule has 160 valence electrons. The summed E-state index contributed by atoms with van der Waals surface area (Å²) in [5, 5.41) is 0.692. The van der Waals surface area contributed by atoms with E-state index in [4.69, 9.17) is 10.5 Å². The molecule has 4 aromatic rings. The van der Waals surface area contributed by atoms with Crippen LogP contribution in [-0.4, -0.2) is 59.7 Å². The van der Waals surface area contributed by atoms with Crippen LogP contribution in [0.4, 0.5) is 11.4 Å². The molecule has 31 heavy (non-hydrogen) atoms. The predicted octanol–water partition coefficient (Wildman–Crippen LogP) is 2.80. The number of ether oxygens (including phenoxy) is 1. The Bertz CT molecular complexity index is 1320. The van der Waals surface area contributed by atoms with Crippen molar-refractivity contribution < 1.29 is 4.74 Å². The van der Waals surface area contributed by atoms with Crippen LogP contribution in [-0.2, 0) is 0 Å². The van der Waals surface area contributed by atoms with Gasteiger partial charge in [-0.25, -0.2) is 4.98 Å². The van der Waals surface area contributed by atoms with Crippen molar-refractivity contribution in [2.24, 2.45) is 0 Å². The zero-order chi connectivity index (χ0) is 21.5. The minimum Gasteiger partial charge on any atom is -0.493 e. The SMILES string of the molecule is CCOc1cccc2[nH]c(=O)c(-c3nc4ccc(N5CCN(C)CC5)cc4[nH]3)c(N)c12. The van der Waals surface area contributed by atoms with Gasteiger partial charge in [-0.3, -0.25) is 4.79 Å². The largest absolute Gasteiger partial charge is 0.493 e. The summed E-state index contributed by atoms with van der Waals surface area (Å²) in [6.07, 6.45) is 0. The number of H-pyrrole nitrogens is 2. The van der Waals surface area contributed by atoms with Crippen molar-refractivity contribution in [3.8, 4) is 17.1 Å². The van der Waals surface area contributed by atoms with Gasteiger partial charge in [0, 0.05) is 31.9 Å². The summed E-state index contributed by atoms with van der Waals surface area (Å²) < 4.78 is 5.74. The van der Waals surface area contributed by atoms with Crippen molar-refractivity contribution >= 4 is 33.3 Å². The number of aromatic nitrogens is 3. The fourth-order valence-corrected chi connectivity index (χ4v) is 4.23. The molecule has 4 N–H and O–H groups in total. The van der Waals surface area contributed by atoms with Gasteiger partial charge in [0.05, 0.1) is 34.2 Å². The van der Waals surface area contributed by atoms with Crippen LogP contribution in [0.1, 0.15) is 6.92 Å². The topological polar surface area (TPSA) is 103 Å². The zero-order valence-electron chi connectivity index (χ0n) is 17.7. The summed E-state index contributed by atoms with van der Waals surface area (Å²) in [5.41, 5.74) is 10.4. The van der Waals surface area contributed by atoms with Gasteiger partial charge in [-0.05, 0) is 44.3 Å². The number of nitrogens with zero attached hydrogens (tertiary/aromatic N) is 3. The van der Waals surface area contributed by atoms with Gasteiger partial charge >= 0.3 is 0 Å². The first-order valence-corrected chi connectivity index (χ1v) is 10.6. The van der Waals surface area contributed by atoms with E-state index in [0.717, 1.165) is 42.9 Å². The normalized spacial score (nSPS) is 15.1. The van der Waals surface area contributed by atoms with Crippen LogP contribution in [0, 0.1) is 0 Å². The number of piperazine rings is 1. The van der Waals surface area contributed by atoms with Gasteiger partial charge in [0.2, 0.25) is 0 Å². The number of fused-ring (bicyclic) bond motifs is 2. The number of nitrogens with one attached hydrogen (secondary N) is 2. The van der Waals surface area contributed by atoms with Gasteiger partial charge in [0.25, 0.3) is 5.56 Å². The lowest BCUT2D eigenvalue weighted by Gasteiger charge is -2.34. The quantitative estimate of drug-likeness (QED) is 0.471. The monoisotopic (exact) mass is 418 g/mol. The summed E-state index contributed by atoms with van der Waals surface area (Å²) in [5.74, 6) is 1.10. The van der Waals surface area contributed by atoms with Crippen LogP contribution in [0.2, 0.25) is 0 Å². The minimum atomic E-state index is -0.281. The number of pyridine rings is 1. The number of hydrogen-bond donors (Lipinski definition) is 3. The molecular weight excluding hydrogens is 392 g/mol. The fourth-order valence-electron chi connectivity index (χ4n) is 4.23. The van der Waals surface area contributed by atoms with Crippen LogP contribution in [0.3, 0.4) is 0 Å². The Hall–Kier alpha value is -3.52. The highest BCUT2D eigenvalue weighted by atomic mass is 16.5. The van der Waals surface area contributed by atoms with Gasteiger partial charge in [-0.15, -0.1) is 0 Å².